The second-order valence-corrected chi connectivity index (χ2v) is 11.3. The average Bonchev–Trinajstić information content (AvgIpc) is 2.73. The fourth-order valence-electron chi connectivity index (χ4n) is 3.88. The zero-order valence-electron chi connectivity index (χ0n) is 18.3. The number of rotatable bonds is 9. The summed E-state index contributed by atoms with van der Waals surface area (Å²) in [6, 6.07) is 16.1. The van der Waals surface area contributed by atoms with E-state index in [9.17, 15) is 13.2 Å². The Balaban J connectivity index is 1.37. The number of piperidine rings is 1. The third-order valence-electron chi connectivity index (χ3n) is 5.55. The molecular formula is C24H32N2O3S2. The molecule has 0 bridgehead atoms. The Bertz CT molecular complexity index is 984. The molecule has 7 heteroatoms. The van der Waals surface area contributed by atoms with Gasteiger partial charge in [0.2, 0.25) is 15.9 Å². The minimum atomic E-state index is -3.36. The van der Waals surface area contributed by atoms with Gasteiger partial charge < -0.3 is 5.32 Å². The minimum Gasteiger partial charge on any atom is -0.355 e. The van der Waals surface area contributed by atoms with E-state index in [1.165, 1.54) is 15.4 Å². The van der Waals surface area contributed by atoms with Crippen molar-refractivity contribution in [2.75, 3.05) is 25.4 Å². The molecule has 3 rings (SSSR count). The lowest BCUT2D eigenvalue weighted by molar-refractivity contribution is -0.125. The van der Waals surface area contributed by atoms with E-state index in [0.717, 1.165) is 22.6 Å². The van der Waals surface area contributed by atoms with Gasteiger partial charge in [-0.1, -0.05) is 59.7 Å². The number of benzene rings is 2. The number of carbonyl (C=O) groups excluding carboxylic acids is 1. The average molecular weight is 461 g/mol. The first-order valence-electron chi connectivity index (χ1n) is 10.8. The molecule has 2 aromatic carbocycles. The Morgan fingerprint density at radius 1 is 1.03 bits per heavy atom. The summed E-state index contributed by atoms with van der Waals surface area (Å²) in [7, 11) is -3.36. The van der Waals surface area contributed by atoms with E-state index in [1.807, 2.05) is 43.0 Å². The molecule has 1 fully saturated rings. The highest BCUT2D eigenvalue weighted by Gasteiger charge is 2.31. The molecular weight excluding hydrogens is 428 g/mol. The smallest absolute Gasteiger partial charge is 0.223 e. The topological polar surface area (TPSA) is 66.5 Å². The number of nitrogens with one attached hydrogen (secondary N) is 1. The number of amides is 1. The van der Waals surface area contributed by atoms with E-state index in [-0.39, 0.29) is 17.6 Å². The monoisotopic (exact) mass is 460 g/mol. The minimum absolute atomic E-state index is 0.0176. The lowest BCUT2D eigenvalue weighted by Crippen LogP contribution is -2.43. The van der Waals surface area contributed by atoms with E-state index in [4.69, 9.17) is 0 Å². The Kier molecular flexibility index (Phi) is 8.58. The summed E-state index contributed by atoms with van der Waals surface area (Å²) < 4.78 is 27.0. The summed E-state index contributed by atoms with van der Waals surface area (Å²) in [5, 5.41) is 3.02. The fraction of sp³-hybridized carbons (Fsp3) is 0.458. The SMILES string of the molecule is Cc1cccc(CSCCNC(=O)C2CCN(S(=O)(=O)Cc3cccc(C)c3)CC2)c1. The zero-order valence-corrected chi connectivity index (χ0v) is 20.0. The van der Waals surface area contributed by atoms with Crippen molar-refractivity contribution in [2.45, 2.75) is 38.2 Å². The number of nitrogens with zero attached hydrogens (tertiary/aromatic N) is 1. The number of sulfonamides is 1. The van der Waals surface area contributed by atoms with Crippen LogP contribution < -0.4 is 5.32 Å². The van der Waals surface area contributed by atoms with Gasteiger partial charge in [-0.25, -0.2) is 12.7 Å². The molecule has 1 N–H and O–H groups in total. The number of aryl methyl sites for hydroxylation is 2. The molecule has 0 radical (unpaired) electrons. The van der Waals surface area contributed by atoms with Gasteiger partial charge in [-0.15, -0.1) is 0 Å². The third-order valence-corrected chi connectivity index (χ3v) is 8.43. The van der Waals surface area contributed by atoms with Crippen LogP contribution in [0.3, 0.4) is 0 Å². The second-order valence-electron chi connectivity index (χ2n) is 8.25. The van der Waals surface area contributed by atoms with Crippen molar-refractivity contribution in [1.29, 1.82) is 0 Å². The van der Waals surface area contributed by atoms with Crippen molar-refractivity contribution in [3.63, 3.8) is 0 Å². The van der Waals surface area contributed by atoms with Gasteiger partial charge in [0.15, 0.2) is 0 Å². The molecule has 1 aliphatic heterocycles. The van der Waals surface area contributed by atoms with Crippen LogP contribution in [0, 0.1) is 19.8 Å². The van der Waals surface area contributed by atoms with Crippen LogP contribution in [0.15, 0.2) is 48.5 Å². The molecule has 0 spiro atoms. The van der Waals surface area contributed by atoms with Crippen molar-refractivity contribution < 1.29 is 13.2 Å². The molecule has 5 nitrogen and oxygen atoms in total. The Morgan fingerprint density at radius 3 is 2.29 bits per heavy atom. The van der Waals surface area contributed by atoms with Gasteiger partial charge in [-0.05, 0) is 37.8 Å². The molecule has 0 saturated carbocycles. The van der Waals surface area contributed by atoms with Crippen molar-refractivity contribution in [3.8, 4) is 0 Å². The molecule has 1 aliphatic rings. The normalized spacial score (nSPS) is 15.7. The highest BCUT2D eigenvalue weighted by Crippen LogP contribution is 2.22. The Labute approximate surface area is 190 Å². The molecule has 1 saturated heterocycles. The summed E-state index contributed by atoms with van der Waals surface area (Å²) in [4.78, 5) is 12.5. The molecule has 0 aromatic heterocycles. The van der Waals surface area contributed by atoms with E-state index in [2.05, 4.69) is 36.5 Å². The van der Waals surface area contributed by atoms with Gasteiger partial charge in [0.1, 0.15) is 0 Å². The summed E-state index contributed by atoms with van der Waals surface area (Å²) in [6.07, 6.45) is 1.16. The molecule has 1 amide bonds. The summed E-state index contributed by atoms with van der Waals surface area (Å²) in [5.41, 5.74) is 4.43. The number of thioether (sulfide) groups is 1. The van der Waals surface area contributed by atoms with Gasteiger partial charge in [-0.2, -0.15) is 11.8 Å². The summed E-state index contributed by atoms with van der Waals surface area (Å²) in [6.45, 7) is 5.51. The summed E-state index contributed by atoms with van der Waals surface area (Å²) >= 11 is 1.81. The zero-order chi connectivity index (χ0) is 22.3. The molecule has 31 heavy (non-hydrogen) atoms. The van der Waals surface area contributed by atoms with Gasteiger partial charge >= 0.3 is 0 Å². The molecule has 168 valence electrons. The molecule has 1 heterocycles. The maximum Gasteiger partial charge on any atom is 0.223 e. The highest BCUT2D eigenvalue weighted by molar-refractivity contribution is 7.98. The maximum atomic E-state index is 12.7. The van der Waals surface area contributed by atoms with Crippen LogP contribution >= 0.6 is 11.8 Å². The third kappa shape index (κ3) is 7.37. The van der Waals surface area contributed by atoms with Crippen LogP contribution in [0.1, 0.15) is 35.1 Å². The first-order valence-corrected chi connectivity index (χ1v) is 13.5. The van der Waals surface area contributed by atoms with Crippen molar-refractivity contribution >= 4 is 27.7 Å². The Hall–Kier alpha value is -1.83. The molecule has 0 atom stereocenters. The van der Waals surface area contributed by atoms with Crippen molar-refractivity contribution in [3.05, 3.63) is 70.8 Å². The predicted octanol–water partition coefficient (Wildman–Crippen LogP) is 3.89. The second kappa shape index (κ2) is 11.2. The largest absolute Gasteiger partial charge is 0.355 e. The number of hydrogen-bond acceptors (Lipinski definition) is 4. The standard InChI is InChI=1S/C24H32N2O3S2/c1-19-5-3-7-21(15-19)17-30-14-11-25-24(27)23-9-12-26(13-10-23)31(28,29)18-22-8-4-6-20(2)16-22/h3-8,15-16,23H,9-14,17-18H2,1-2H3,(H,25,27). The van der Waals surface area contributed by atoms with Crippen molar-refractivity contribution in [2.24, 2.45) is 5.92 Å². The molecule has 0 unspecified atom stereocenters. The van der Waals surface area contributed by atoms with Gasteiger partial charge in [0, 0.05) is 37.1 Å². The highest BCUT2D eigenvalue weighted by atomic mass is 32.2. The fourth-order valence-corrected chi connectivity index (χ4v) is 6.24. The predicted molar refractivity (Wildman–Crippen MR) is 128 cm³/mol. The van der Waals surface area contributed by atoms with E-state index < -0.39 is 10.0 Å². The lowest BCUT2D eigenvalue weighted by atomic mass is 9.97. The van der Waals surface area contributed by atoms with Crippen molar-refractivity contribution in [1.82, 2.24) is 9.62 Å². The van der Waals surface area contributed by atoms with Crippen LogP contribution in [-0.4, -0.2) is 44.0 Å². The lowest BCUT2D eigenvalue weighted by Gasteiger charge is -2.30. The van der Waals surface area contributed by atoms with E-state index in [0.29, 0.717) is 32.5 Å². The van der Waals surface area contributed by atoms with Gasteiger partial charge in [0.05, 0.1) is 5.75 Å². The maximum absolute atomic E-state index is 12.7. The quantitative estimate of drug-likeness (QED) is 0.577. The molecule has 2 aromatic rings. The van der Waals surface area contributed by atoms with Crippen LogP contribution in [0.4, 0.5) is 0 Å². The van der Waals surface area contributed by atoms with Crippen LogP contribution in [0.5, 0.6) is 0 Å². The Morgan fingerprint density at radius 2 is 1.65 bits per heavy atom. The van der Waals surface area contributed by atoms with Crippen LogP contribution in [0.25, 0.3) is 0 Å². The summed E-state index contributed by atoms with van der Waals surface area (Å²) in [5.74, 6) is 1.76. The van der Waals surface area contributed by atoms with Gasteiger partial charge in [-0.3, -0.25) is 4.79 Å². The molecule has 0 aliphatic carbocycles. The first-order chi connectivity index (χ1) is 14.8. The number of hydrogen-bond donors (Lipinski definition) is 1. The van der Waals surface area contributed by atoms with Crippen LogP contribution in [-0.2, 0) is 26.3 Å². The van der Waals surface area contributed by atoms with E-state index >= 15 is 0 Å². The van der Waals surface area contributed by atoms with Gasteiger partial charge in [0.25, 0.3) is 0 Å². The first kappa shape index (κ1) is 23.8. The van der Waals surface area contributed by atoms with E-state index in [1.54, 1.807) is 0 Å². The number of carbonyl (C=O) groups is 1. The van der Waals surface area contributed by atoms with Crippen LogP contribution in [0.2, 0.25) is 0 Å².